The molecule has 1 aromatic heterocycles. The molecule has 1 heterocycles. The lowest BCUT2D eigenvalue weighted by molar-refractivity contribution is 0.759. The summed E-state index contributed by atoms with van der Waals surface area (Å²) in [7, 11) is -3.22. The van der Waals surface area contributed by atoms with E-state index < -0.39 is 8.07 Å². The number of nitrogens with zero attached hydrogens (tertiary/aromatic N) is 2. The van der Waals surface area contributed by atoms with Crippen molar-refractivity contribution < 1.29 is 0 Å². The van der Waals surface area contributed by atoms with Gasteiger partial charge in [0.1, 0.15) is 0 Å². The molecule has 10 aromatic carbocycles. The Labute approximate surface area is 405 Å². The van der Waals surface area contributed by atoms with Crippen molar-refractivity contribution in [2.24, 2.45) is 0 Å². The highest BCUT2D eigenvalue weighted by atomic mass is 28.3. The van der Waals surface area contributed by atoms with E-state index in [1.807, 2.05) is 0 Å². The minimum absolute atomic E-state index is 0.0239. The summed E-state index contributed by atoms with van der Waals surface area (Å²) in [5.74, 6) is 0.683. The molecule has 14 rings (SSSR count). The summed E-state index contributed by atoms with van der Waals surface area (Å²) in [5.41, 5.74) is 18.0. The zero-order chi connectivity index (χ0) is 45.7. The van der Waals surface area contributed by atoms with Crippen molar-refractivity contribution in [1.82, 2.24) is 9.97 Å². The van der Waals surface area contributed by atoms with Crippen LogP contribution in [0.2, 0.25) is 0 Å². The standard InChI is InChI=1S/C66H46N2Si/c1-7-23-45(24-8-1)49-41-50(46-25-9-2-10-26-46)43-53(42-49)69(51-31-15-5-16-32-51,52-33-17-6-18-34-52)61-40-22-38-57-62-54-35-19-20-36-55(54)65(64(57)61)63-56(62)37-21-39-58(63)66-67-59(47-27-11-3-12-28-47)44-60(68-66)48-29-13-4-14-30-48/h1-44,62,65H. The average Bonchev–Trinajstić information content (AvgIpc) is 3.44. The molecule has 0 N–H and O–H groups in total. The van der Waals surface area contributed by atoms with Crippen LogP contribution in [0.25, 0.3) is 56.2 Å². The molecular weight excluding hydrogens is 849 g/mol. The van der Waals surface area contributed by atoms with E-state index in [2.05, 4.69) is 267 Å². The molecule has 0 saturated heterocycles. The van der Waals surface area contributed by atoms with Crippen molar-refractivity contribution in [3.05, 3.63) is 300 Å². The van der Waals surface area contributed by atoms with Crippen LogP contribution in [0.4, 0.5) is 0 Å². The summed E-state index contributed by atoms with van der Waals surface area (Å²) in [4.78, 5) is 11.0. The number of hydrogen-bond donors (Lipinski definition) is 0. The molecule has 0 radical (unpaired) electrons. The smallest absolute Gasteiger partial charge is 0.179 e. The second kappa shape index (κ2) is 17.0. The molecule has 69 heavy (non-hydrogen) atoms. The zero-order valence-electron chi connectivity index (χ0n) is 38.0. The van der Waals surface area contributed by atoms with E-state index >= 15 is 0 Å². The molecule has 0 spiro atoms. The van der Waals surface area contributed by atoms with Crippen LogP contribution < -0.4 is 20.7 Å². The predicted molar refractivity (Wildman–Crippen MR) is 288 cm³/mol. The van der Waals surface area contributed by atoms with Gasteiger partial charge in [0.25, 0.3) is 0 Å². The van der Waals surface area contributed by atoms with Gasteiger partial charge in [-0.15, -0.1) is 0 Å². The van der Waals surface area contributed by atoms with Crippen molar-refractivity contribution in [3.8, 4) is 56.2 Å². The summed E-state index contributed by atoms with van der Waals surface area (Å²) < 4.78 is 0. The highest BCUT2D eigenvalue weighted by molar-refractivity contribution is 7.20. The molecule has 2 bridgehead atoms. The van der Waals surface area contributed by atoms with Crippen molar-refractivity contribution in [3.63, 3.8) is 0 Å². The van der Waals surface area contributed by atoms with Gasteiger partial charge in [-0.25, -0.2) is 9.97 Å². The first-order valence-corrected chi connectivity index (χ1v) is 26.0. The number of aromatic nitrogens is 2. The van der Waals surface area contributed by atoms with Crippen molar-refractivity contribution in [2.45, 2.75) is 11.8 Å². The molecule has 0 amide bonds. The van der Waals surface area contributed by atoms with Gasteiger partial charge in [0.2, 0.25) is 0 Å². The van der Waals surface area contributed by atoms with E-state index in [0.717, 1.165) is 33.9 Å². The topological polar surface area (TPSA) is 25.8 Å². The first-order valence-electron chi connectivity index (χ1n) is 24.0. The normalized spacial score (nSPS) is 14.4. The molecule has 0 saturated carbocycles. The van der Waals surface area contributed by atoms with Gasteiger partial charge in [0.15, 0.2) is 13.9 Å². The van der Waals surface area contributed by atoms with E-state index in [0.29, 0.717) is 0 Å². The second-order valence-corrected chi connectivity index (χ2v) is 22.1. The Morgan fingerprint density at radius 1 is 0.275 bits per heavy atom. The quantitative estimate of drug-likeness (QED) is 0.107. The Morgan fingerprint density at radius 2 is 0.681 bits per heavy atom. The summed E-state index contributed by atoms with van der Waals surface area (Å²) in [6, 6.07) is 98.8. The van der Waals surface area contributed by atoms with Crippen molar-refractivity contribution >= 4 is 28.8 Å². The van der Waals surface area contributed by atoms with Crippen LogP contribution in [0, 0.1) is 0 Å². The zero-order valence-corrected chi connectivity index (χ0v) is 39.0. The van der Waals surface area contributed by atoms with Gasteiger partial charge in [-0.05, 0) is 88.5 Å². The van der Waals surface area contributed by atoms with Gasteiger partial charge in [-0.2, -0.15) is 0 Å². The molecule has 3 aliphatic rings. The van der Waals surface area contributed by atoms with Gasteiger partial charge in [-0.1, -0.05) is 255 Å². The minimum Gasteiger partial charge on any atom is -0.228 e. The summed E-state index contributed by atoms with van der Waals surface area (Å²) >= 11 is 0. The van der Waals surface area contributed by atoms with Crippen LogP contribution in [-0.2, 0) is 0 Å². The van der Waals surface area contributed by atoms with Crippen LogP contribution in [0.15, 0.2) is 267 Å². The Kier molecular flexibility index (Phi) is 10.0. The molecule has 0 fully saturated rings. The van der Waals surface area contributed by atoms with E-state index in [4.69, 9.17) is 9.97 Å². The Bertz CT molecular complexity index is 3500. The third kappa shape index (κ3) is 6.77. The minimum atomic E-state index is -3.22. The molecule has 2 atom stereocenters. The highest BCUT2D eigenvalue weighted by Crippen LogP contribution is 2.57. The average molecular weight is 895 g/mol. The number of benzene rings is 10. The van der Waals surface area contributed by atoms with Crippen molar-refractivity contribution in [1.29, 1.82) is 0 Å². The molecule has 324 valence electrons. The first kappa shape index (κ1) is 40.7. The maximum Gasteiger partial charge on any atom is 0.179 e. The molecule has 0 aliphatic heterocycles. The highest BCUT2D eigenvalue weighted by Gasteiger charge is 2.50. The van der Waals surface area contributed by atoms with Gasteiger partial charge >= 0.3 is 0 Å². The van der Waals surface area contributed by atoms with E-state index in [9.17, 15) is 0 Å². The van der Waals surface area contributed by atoms with E-state index in [1.165, 1.54) is 76.4 Å². The van der Waals surface area contributed by atoms with Crippen molar-refractivity contribution in [2.75, 3.05) is 0 Å². The predicted octanol–water partition coefficient (Wildman–Crippen LogP) is 13.2. The lowest BCUT2D eigenvalue weighted by atomic mass is 9.60. The fourth-order valence-corrected chi connectivity index (χ4v) is 16.8. The summed E-state index contributed by atoms with van der Waals surface area (Å²) in [6.45, 7) is 0. The van der Waals surface area contributed by atoms with Crippen LogP contribution in [0.3, 0.4) is 0 Å². The first-order chi connectivity index (χ1) is 34.2. The molecule has 11 aromatic rings. The molecule has 3 aliphatic carbocycles. The van der Waals surface area contributed by atoms with Gasteiger partial charge in [0, 0.05) is 28.5 Å². The lowest BCUT2D eigenvalue weighted by Gasteiger charge is -2.46. The summed E-state index contributed by atoms with van der Waals surface area (Å²) in [5, 5.41) is 5.46. The monoisotopic (exact) mass is 894 g/mol. The van der Waals surface area contributed by atoms with E-state index in [-0.39, 0.29) is 11.8 Å². The molecular formula is C66H46N2Si. The molecule has 3 heteroatoms. The lowest BCUT2D eigenvalue weighted by Crippen LogP contribution is -2.75. The fourth-order valence-electron chi connectivity index (χ4n) is 11.7. The Balaban J connectivity index is 1.13. The van der Waals surface area contributed by atoms with Crippen LogP contribution >= 0.6 is 0 Å². The largest absolute Gasteiger partial charge is 0.228 e. The van der Waals surface area contributed by atoms with Gasteiger partial charge in [0.05, 0.1) is 11.4 Å². The SMILES string of the molecule is c1ccc(-c2cc(-c3ccccc3)cc([Si](c3ccccc3)(c3ccccc3)c3cccc4c3C3c5ccccc5C4c4cccc(-c5nc(-c6ccccc6)cc(-c6ccccc6)n5)c43)c2)cc1. The molecule has 2 unspecified atom stereocenters. The van der Waals surface area contributed by atoms with Crippen LogP contribution in [0.5, 0.6) is 0 Å². The second-order valence-electron chi connectivity index (χ2n) is 18.3. The third-order valence-corrected chi connectivity index (χ3v) is 19.4. The summed E-state index contributed by atoms with van der Waals surface area (Å²) in [6.07, 6.45) is 0. The van der Waals surface area contributed by atoms with E-state index in [1.54, 1.807) is 0 Å². The van der Waals surface area contributed by atoms with Gasteiger partial charge < -0.3 is 0 Å². The Morgan fingerprint density at radius 3 is 1.19 bits per heavy atom. The van der Waals surface area contributed by atoms with Crippen LogP contribution in [0.1, 0.15) is 45.2 Å². The third-order valence-electron chi connectivity index (χ3n) is 14.6. The molecule has 2 nitrogen and oxygen atoms in total. The maximum atomic E-state index is 5.49. The fraction of sp³-hybridized carbons (Fsp3) is 0.0303. The van der Waals surface area contributed by atoms with Gasteiger partial charge in [-0.3, -0.25) is 0 Å². The number of hydrogen-bond acceptors (Lipinski definition) is 2. The number of rotatable bonds is 9. The van der Waals surface area contributed by atoms with Crippen LogP contribution in [-0.4, -0.2) is 18.0 Å². The Hall–Kier alpha value is -8.50. The maximum absolute atomic E-state index is 5.49.